The third kappa shape index (κ3) is 5.02. The summed E-state index contributed by atoms with van der Waals surface area (Å²) < 4.78 is 7.72. The van der Waals surface area contributed by atoms with E-state index in [4.69, 9.17) is 19.7 Å². The van der Waals surface area contributed by atoms with Crippen LogP contribution in [0.4, 0.5) is 11.8 Å². The second-order valence-corrected chi connectivity index (χ2v) is 8.73. The van der Waals surface area contributed by atoms with Gasteiger partial charge in [0.15, 0.2) is 17.0 Å². The van der Waals surface area contributed by atoms with E-state index in [9.17, 15) is 0 Å². The van der Waals surface area contributed by atoms with Crippen LogP contribution in [0.5, 0.6) is 0 Å². The molecule has 1 aliphatic carbocycles. The van der Waals surface area contributed by atoms with Gasteiger partial charge >= 0.3 is 0 Å². The van der Waals surface area contributed by atoms with Crippen LogP contribution in [0, 0.1) is 0 Å². The van der Waals surface area contributed by atoms with Gasteiger partial charge in [-0.15, -0.1) is 0 Å². The quantitative estimate of drug-likeness (QED) is 0.559. The molecular weight excluding hydrogens is 402 g/mol. The van der Waals surface area contributed by atoms with Crippen molar-refractivity contribution in [1.82, 2.24) is 24.4 Å². The number of ether oxygens (including phenoxy) is 1. The van der Waals surface area contributed by atoms with Gasteiger partial charge in [0.25, 0.3) is 0 Å². The fourth-order valence-corrected chi connectivity index (χ4v) is 4.68. The van der Waals surface area contributed by atoms with Crippen molar-refractivity contribution in [2.75, 3.05) is 50.0 Å². The molecule has 2 aliphatic rings. The summed E-state index contributed by atoms with van der Waals surface area (Å²) in [5.74, 6) is 1.46. The molecule has 0 spiro atoms. The molecule has 0 atom stereocenters. The number of nitrogens with zero attached hydrogens (tertiary/aromatic N) is 5. The Balaban J connectivity index is 1.37. The number of nitrogens with one attached hydrogen (secondary N) is 2. The lowest BCUT2D eigenvalue weighted by molar-refractivity contribution is 0.0398. The molecular formula is C24H33N7O. The standard InChI is InChI=1S/C24H33N7O/c1-3-7-19(8-4-1)17-26-22-21-23(31(18-27-21)20-9-5-2-6-10-20)29-24(28-22)25-11-12-30-13-15-32-16-14-30/h1,3-4,7-8,18,20H,2,5-6,9-17H2,(H2,25,26,28,29). The van der Waals surface area contributed by atoms with Crippen LogP contribution >= 0.6 is 0 Å². The summed E-state index contributed by atoms with van der Waals surface area (Å²) >= 11 is 0. The molecule has 2 aromatic heterocycles. The number of rotatable bonds is 8. The Hall–Kier alpha value is -2.71. The van der Waals surface area contributed by atoms with Crippen molar-refractivity contribution in [1.29, 1.82) is 0 Å². The molecule has 5 rings (SSSR count). The summed E-state index contributed by atoms with van der Waals surface area (Å²) in [7, 11) is 0. The predicted molar refractivity (Wildman–Crippen MR) is 127 cm³/mol. The van der Waals surface area contributed by atoms with Crippen molar-refractivity contribution in [3.8, 4) is 0 Å². The van der Waals surface area contributed by atoms with Gasteiger partial charge < -0.3 is 19.9 Å². The molecule has 0 unspecified atom stereocenters. The van der Waals surface area contributed by atoms with E-state index in [0.717, 1.165) is 56.4 Å². The van der Waals surface area contributed by atoms with Gasteiger partial charge in [-0.05, 0) is 18.4 Å². The molecule has 0 amide bonds. The third-order valence-electron chi connectivity index (χ3n) is 6.51. The average Bonchev–Trinajstić information content (AvgIpc) is 3.29. The molecule has 1 aliphatic heterocycles. The minimum absolute atomic E-state index is 0.479. The summed E-state index contributed by atoms with van der Waals surface area (Å²) in [5.41, 5.74) is 2.99. The van der Waals surface area contributed by atoms with Crippen molar-refractivity contribution in [2.24, 2.45) is 0 Å². The van der Waals surface area contributed by atoms with Crippen molar-refractivity contribution >= 4 is 22.9 Å². The summed E-state index contributed by atoms with van der Waals surface area (Å²) in [4.78, 5) is 16.8. The number of anilines is 2. The maximum absolute atomic E-state index is 5.45. The van der Waals surface area contributed by atoms with Gasteiger partial charge in [0.2, 0.25) is 5.95 Å². The highest BCUT2D eigenvalue weighted by Gasteiger charge is 2.21. The molecule has 0 bridgehead atoms. The lowest BCUT2D eigenvalue weighted by atomic mass is 9.95. The molecule has 8 nitrogen and oxygen atoms in total. The van der Waals surface area contributed by atoms with Crippen molar-refractivity contribution in [2.45, 2.75) is 44.7 Å². The Morgan fingerprint density at radius 1 is 0.969 bits per heavy atom. The fourth-order valence-electron chi connectivity index (χ4n) is 4.68. The number of fused-ring (bicyclic) bond motifs is 1. The average molecular weight is 436 g/mol. The van der Waals surface area contributed by atoms with Crippen LogP contribution in [-0.2, 0) is 11.3 Å². The van der Waals surface area contributed by atoms with E-state index in [-0.39, 0.29) is 0 Å². The molecule has 2 fully saturated rings. The molecule has 1 saturated heterocycles. The topological polar surface area (TPSA) is 80.1 Å². The lowest BCUT2D eigenvalue weighted by Gasteiger charge is -2.26. The van der Waals surface area contributed by atoms with E-state index in [0.29, 0.717) is 18.5 Å². The Morgan fingerprint density at radius 3 is 2.59 bits per heavy atom. The number of aromatic nitrogens is 4. The molecule has 2 N–H and O–H groups in total. The van der Waals surface area contributed by atoms with E-state index in [2.05, 4.69) is 44.4 Å². The summed E-state index contributed by atoms with van der Waals surface area (Å²) in [5, 5.41) is 6.96. The van der Waals surface area contributed by atoms with Gasteiger partial charge in [-0.3, -0.25) is 4.90 Å². The van der Waals surface area contributed by atoms with Crippen LogP contribution < -0.4 is 10.6 Å². The maximum atomic E-state index is 5.45. The van der Waals surface area contributed by atoms with Crippen molar-refractivity contribution in [3.63, 3.8) is 0 Å². The summed E-state index contributed by atoms with van der Waals surface area (Å²) in [6.45, 7) is 6.07. The largest absolute Gasteiger partial charge is 0.379 e. The molecule has 1 aromatic carbocycles. The molecule has 3 heterocycles. The lowest BCUT2D eigenvalue weighted by Crippen LogP contribution is -2.39. The summed E-state index contributed by atoms with van der Waals surface area (Å²) in [6.07, 6.45) is 8.24. The Bertz CT molecular complexity index is 994. The summed E-state index contributed by atoms with van der Waals surface area (Å²) in [6, 6.07) is 10.9. The minimum atomic E-state index is 0.479. The first-order chi connectivity index (χ1) is 15.9. The maximum Gasteiger partial charge on any atom is 0.226 e. The smallest absolute Gasteiger partial charge is 0.226 e. The van der Waals surface area contributed by atoms with Crippen molar-refractivity contribution < 1.29 is 4.74 Å². The van der Waals surface area contributed by atoms with Crippen molar-refractivity contribution in [3.05, 3.63) is 42.2 Å². The molecule has 170 valence electrons. The van der Waals surface area contributed by atoms with Crippen LogP contribution in [0.25, 0.3) is 11.2 Å². The van der Waals surface area contributed by atoms with Gasteiger partial charge in [-0.1, -0.05) is 49.6 Å². The van der Waals surface area contributed by atoms with Crippen LogP contribution in [0.15, 0.2) is 36.7 Å². The molecule has 1 saturated carbocycles. The Morgan fingerprint density at radius 2 is 1.78 bits per heavy atom. The van der Waals surface area contributed by atoms with E-state index < -0.39 is 0 Å². The van der Waals surface area contributed by atoms with E-state index in [1.54, 1.807) is 0 Å². The predicted octanol–water partition coefficient (Wildman–Crippen LogP) is 3.69. The zero-order chi connectivity index (χ0) is 21.6. The fraction of sp³-hybridized carbons (Fsp3) is 0.542. The highest BCUT2D eigenvalue weighted by atomic mass is 16.5. The van der Waals surface area contributed by atoms with E-state index in [1.165, 1.54) is 37.7 Å². The highest BCUT2D eigenvalue weighted by Crippen LogP contribution is 2.32. The second kappa shape index (κ2) is 10.3. The number of benzene rings is 1. The van der Waals surface area contributed by atoms with Gasteiger partial charge in [-0.2, -0.15) is 9.97 Å². The number of hydrogen-bond acceptors (Lipinski definition) is 7. The van der Waals surface area contributed by atoms with Gasteiger partial charge in [0.05, 0.1) is 19.5 Å². The number of hydrogen-bond donors (Lipinski definition) is 2. The molecule has 8 heteroatoms. The normalized spacial score (nSPS) is 18.1. The van der Waals surface area contributed by atoms with Crippen LogP contribution in [0.2, 0.25) is 0 Å². The molecule has 3 aromatic rings. The molecule has 32 heavy (non-hydrogen) atoms. The Labute approximate surface area is 189 Å². The molecule has 0 radical (unpaired) electrons. The van der Waals surface area contributed by atoms with Gasteiger partial charge in [0, 0.05) is 38.8 Å². The van der Waals surface area contributed by atoms with Crippen LogP contribution in [-0.4, -0.2) is 63.8 Å². The first kappa shape index (κ1) is 21.2. The SMILES string of the molecule is c1ccc(CNc2nc(NCCN3CCOCC3)nc3c2ncn3C2CCCCC2)cc1. The Kier molecular flexibility index (Phi) is 6.79. The highest BCUT2D eigenvalue weighted by molar-refractivity contribution is 5.84. The number of morpholine rings is 1. The first-order valence-corrected chi connectivity index (χ1v) is 11.9. The van der Waals surface area contributed by atoms with Gasteiger partial charge in [0.1, 0.15) is 0 Å². The van der Waals surface area contributed by atoms with Crippen LogP contribution in [0.3, 0.4) is 0 Å². The number of imidazole rings is 1. The first-order valence-electron chi connectivity index (χ1n) is 11.9. The minimum Gasteiger partial charge on any atom is -0.379 e. The van der Waals surface area contributed by atoms with Gasteiger partial charge in [-0.25, -0.2) is 4.98 Å². The van der Waals surface area contributed by atoms with Crippen LogP contribution in [0.1, 0.15) is 43.7 Å². The second-order valence-electron chi connectivity index (χ2n) is 8.73. The zero-order valence-corrected chi connectivity index (χ0v) is 18.7. The monoisotopic (exact) mass is 435 g/mol. The third-order valence-corrected chi connectivity index (χ3v) is 6.51. The van der Waals surface area contributed by atoms with E-state index >= 15 is 0 Å². The van der Waals surface area contributed by atoms with E-state index in [1.807, 2.05) is 12.4 Å². The zero-order valence-electron chi connectivity index (χ0n) is 18.7.